The van der Waals surface area contributed by atoms with Crippen LogP contribution in [0.5, 0.6) is 0 Å². The minimum absolute atomic E-state index is 0.0431. The highest BCUT2D eigenvalue weighted by atomic mass is 16.5. The largest absolute Gasteiger partial charge is 0.469 e. The number of benzene rings is 1. The third kappa shape index (κ3) is 5.31. The molecule has 2 aromatic rings. The van der Waals surface area contributed by atoms with E-state index in [2.05, 4.69) is 10.3 Å². The topological polar surface area (TPSA) is 115 Å². The molecule has 0 saturated heterocycles. The maximum absolute atomic E-state index is 12.7. The summed E-state index contributed by atoms with van der Waals surface area (Å²) in [6, 6.07) is 8.42. The third-order valence-corrected chi connectivity index (χ3v) is 4.54. The van der Waals surface area contributed by atoms with Gasteiger partial charge in [0.25, 0.3) is 0 Å². The van der Waals surface area contributed by atoms with Gasteiger partial charge >= 0.3 is 11.9 Å². The highest BCUT2D eigenvalue weighted by Crippen LogP contribution is 2.22. The molecule has 1 aromatic heterocycles. The van der Waals surface area contributed by atoms with Gasteiger partial charge in [0.2, 0.25) is 5.91 Å². The number of ketones is 1. The Hall–Kier alpha value is -3.42. The van der Waals surface area contributed by atoms with Crippen molar-refractivity contribution in [2.24, 2.45) is 0 Å². The second-order valence-electron chi connectivity index (χ2n) is 6.51. The molecule has 8 heteroatoms. The van der Waals surface area contributed by atoms with Gasteiger partial charge in [0.1, 0.15) is 0 Å². The smallest absolute Gasteiger partial charge is 0.339 e. The first-order valence-corrected chi connectivity index (χ1v) is 9.00. The summed E-state index contributed by atoms with van der Waals surface area (Å²) in [7, 11) is 2.51. The van der Waals surface area contributed by atoms with Crippen LogP contribution >= 0.6 is 0 Å². The van der Waals surface area contributed by atoms with Crippen LogP contribution in [0, 0.1) is 6.92 Å². The molecule has 0 unspecified atom stereocenters. The molecule has 29 heavy (non-hydrogen) atoms. The van der Waals surface area contributed by atoms with Gasteiger partial charge in [-0.15, -0.1) is 0 Å². The fourth-order valence-electron chi connectivity index (χ4n) is 3.11. The Kier molecular flexibility index (Phi) is 7.30. The molecule has 0 saturated carbocycles. The number of H-pyrrole nitrogens is 1. The zero-order valence-electron chi connectivity index (χ0n) is 16.8. The van der Waals surface area contributed by atoms with Crippen molar-refractivity contribution in [1.29, 1.82) is 0 Å². The fourth-order valence-corrected chi connectivity index (χ4v) is 3.11. The van der Waals surface area contributed by atoms with E-state index >= 15 is 0 Å². The van der Waals surface area contributed by atoms with Gasteiger partial charge in [-0.05, 0) is 18.1 Å². The van der Waals surface area contributed by atoms with Crippen molar-refractivity contribution in [3.8, 4) is 0 Å². The summed E-state index contributed by atoms with van der Waals surface area (Å²) >= 11 is 0. The normalized spacial score (nSPS) is 11.4. The number of aromatic amines is 1. The molecule has 0 bridgehead atoms. The minimum Gasteiger partial charge on any atom is -0.469 e. The van der Waals surface area contributed by atoms with E-state index in [1.165, 1.54) is 21.1 Å². The van der Waals surface area contributed by atoms with Crippen LogP contribution in [0.1, 0.15) is 57.1 Å². The number of hydrogen-bond acceptors (Lipinski definition) is 6. The number of nitrogens with one attached hydrogen (secondary N) is 2. The lowest BCUT2D eigenvalue weighted by atomic mass is 10.0. The number of hydrogen-bond donors (Lipinski definition) is 2. The summed E-state index contributed by atoms with van der Waals surface area (Å²) in [5, 5.41) is 2.79. The van der Waals surface area contributed by atoms with E-state index in [4.69, 9.17) is 9.47 Å². The third-order valence-electron chi connectivity index (χ3n) is 4.54. The van der Waals surface area contributed by atoms with Crippen molar-refractivity contribution in [2.75, 3.05) is 14.2 Å². The average Bonchev–Trinajstić information content (AvgIpc) is 3.03. The van der Waals surface area contributed by atoms with E-state index in [0.29, 0.717) is 5.56 Å². The van der Waals surface area contributed by atoms with Gasteiger partial charge in [0.15, 0.2) is 5.78 Å². The van der Waals surface area contributed by atoms with Crippen molar-refractivity contribution in [1.82, 2.24) is 10.3 Å². The zero-order valence-corrected chi connectivity index (χ0v) is 16.8. The van der Waals surface area contributed by atoms with Gasteiger partial charge in [-0.2, -0.15) is 0 Å². The molecule has 1 amide bonds. The Morgan fingerprint density at radius 3 is 2.28 bits per heavy atom. The maximum Gasteiger partial charge on any atom is 0.339 e. The second kappa shape index (κ2) is 9.68. The van der Waals surface area contributed by atoms with Gasteiger partial charge in [0, 0.05) is 12.6 Å². The molecular formula is C21H24N2O6. The Morgan fingerprint density at radius 2 is 1.72 bits per heavy atom. The second-order valence-corrected chi connectivity index (χ2v) is 6.51. The quantitative estimate of drug-likeness (QED) is 0.519. The Balaban J connectivity index is 2.28. The van der Waals surface area contributed by atoms with Crippen LogP contribution in [-0.2, 0) is 25.5 Å². The van der Waals surface area contributed by atoms with E-state index in [-0.39, 0.29) is 35.6 Å². The van der Waals surface area contributed by atoms with Gasteiger partial charge in [-0.25, -0.2) is 4.79 Å². The van der Waals surface area contributed by atoms with Crippen molar-refractivity contribution >= 4 is 23.6 Å². The first-order chi connectivity index (χ1) is 13.8. The van der Waals surface area contributed by atoms with Crippen LogP contribution in [0.2, 0.25) is 0 Å². The number of methoxy groups -OCH3 is 2. The molecule has 1 aromatic carbocycles. The number of carbonyl (C=O) groups is 4. The Bertz CT molecular complexity index is 917. The van der Waals surface area contributed by atoms with E-state index in [1.807, 2.05) is 6.07 Å². The lowest BCUT2D eigenvalue weighted by Crippen LogP contribution is -2.32. The molecule has 0 aliphatic rings. The number of aromatic nitrogens is 1. The van der Waals surface area contributed by atoms with Crippen LogP contribution in [0.3, 0.4) is 0 Å². The van der Waals surface area contributed by atoms with Gasteiger partial charge in [-0.3, -0.25) is 14.4 Å². The van der Waals surface area contributed by atoms with Crippen molar-refractivity contribution < 1.29 is 28.7 Å². The van der Waals surface area contributed by atoms with E-state index in [1.54, 1.807) is 31.2 Å². The molecule has 1 heterocycles. The summed E-state index contributed by atoms with van der Waals surface area (Å²) in [4.78, 5) is 51.3. The predicted molar refractivity (Wildman–Crippen MR) is 105 cm³/mol. The lowest BCUT2D eigenvalue weighted by Gasteiger charge is -2.18. The minimum atomic E-state index is -0.636. The van der Waals surface area contributed by atoms with Gasteiger partial charge in [-0.1, -0.05) is 30.3 Å². The summed E-state index contributed by atoms with van der Waals surface area (Å²) in [5.74, 6) is -1.79. The number of carbonyl (C=O) groups excluding carboxylic acids is 4. The SMILES string of the molecule is COC(=O)C[C@@H](NC(=O)Cc1[nH]c(C(C)=O)c(C)c1C(=O)OC)c1ccccc1. The van der Waals surface area contributed by atoms with Crippen LogP contribution in [-0.4, -0.2) is 42.8 Å². The molecule has 0 spiro atoms. The molecular weight excluding hydrogens is 376 g/mol. The number of amides is 1. The Morgan fingerprint density at radius 1 is 1.07 bits per heavy atom. The molecule has 0 aliphatic carbocycles. The summed E-state index contributed by atoms with van der Waals surface area (Å²) in [6.45, 7) is 2.98. The van der Waals surface area contributed by atoms with Crippen LogP contribution in [0.25, 0.3) is 0 Å². The average molecular weight is 400 g/mol. The molecule has 1 atom stereocenters. The molecule has 154 valence electrons. The first kappa shape index (κ1) is 21.9. The van der Waals surface area contributed by atoms with Crippen molar-refractivity contribution in [3.63, 3.8) is 0 Å². The molecule has 2 N–H and O–H groups in total. The zero-order chi connectivity index (χ0) is 21.6. The maximum atomic E-state index is 12.7. The lowest BCUT2D eigenvalue weighted by molar-refractivity contribution is -0.141. The number of esters is 2. The van der Waals surface area contributed by atoms with Crippen molar-refractivity contribution in [2.45, 2.75) is 32.7 Å². The summed E-state index contributed by atoms with van der Waals surface area (Å²) in [5.41, 5.74) is 1.87. The monoisotopic (exact) mass is 400 g/mol. The van der Waals surface area contributed by atoms with Crippen molar-refractivity contribution in [3.05, 3.63) is 58.4 Å². The number of rotatable bonds is 8. The number of ether oxygens (including phenoxy) is 2. The standard InChI is InChI=1S/C21H24N2O6/c1-12-19(21(27)29-4)16(23-20(12)13(2)24)10-17(25)22-15(11-18(26)28-3)14-8-6-5-7-9-14/h5-9,15,23H,10-11H2,1-4H3,(H,22,25)/t15-/m1/s1. The first-order valence-electron chi connectivity index (χ1n) is 9.00. The molecule has 0 fully saturated rings. The molecule has 2 rings (SSSR count). The van der Waals surface area contributed by atoms with E-state index in [0.717, 1.165) is 5.56 Å². The summed E-state index contributed by atoms with van der Waals surface area (Å²) in [6.07, 6.45) is -0.235. The van der Waals surface area contributed by atoms with Crippen LogP contribution in [0.4, 0.5) is 0 Å². The molecule has 8 nitrogen and oxygen atoms in total. The van der Waals surface area contributed by atoms with E-state index in [9.17, 15) is 19.2 Å². The fraction of sp³-hybridized carbons (Fsp3) is 0.333. The Labute approximate surface area is 168 Å². The van der Waals surface area contributed by atoms with Gasteiger partial charge in [0.05, 0.1) is 44.4 Å². The molecule has 0 radical (unpaired) electrons. The van der Waals surface area contributed by atoms with Gasteiger partial charge < -0.3 is 19.8 Å². The van der Waals surface area contributed by atoms with Crippen LogP contribution < -0.4 is 5.32 Å². The highest BCUT2D eigenvalue weighted by Gasteiger charge is 2.26. The highest BCUT2D eigenvalue weighted by molar-refractivity contribution is 6.01. The summed E-state index contributed by atoms with van der Waals surface area (Å²) < 4.78 is 9.50. The van der Waals surface area contributed by atoms with E-state index < -0.39 is 23.9 Å². The predicted octanol–water partition coefficient (Wildman–Crippen LogP) is 2.28. The van der Waals surface area contributed by atoms with Crippen LogP contribution in [0.15, 0.2) is 30.3 Å². The number of Topliss-reactive ketones (excluding diaryl/α,β-unsaturated/α-hetero) is 1. The molecule has 0 aliphatic heterocycles.